The van der Waals surface area contributed by atoms with Crippen molar-refractivity contribution < 1.29 is 0 Å². The predicted molar refractivity (Wildman–Crippen MR) is 82.4 cm³/mol. The molecule has 100 valence electrons. The van der Waals surface area contributed by atoms with Gasteiger partial charge in [-0.15, -0.1) is 0 Å². The molecule has 2 nitrogen and oxygen atoms in total. The lowest BCUT2D eigenvalue weighted by atomic mass is 10.1. The summed E-state index contributed by atoms with van der Waals surface area (Å²) in [7, 11) is 4.24. The maximum absolute atomic E-state index is 3.76. The van der Waals surface area contributed by atoms with Gasteiger partial charge in [-0.05, 0) is 44.3 Å². The fraction of sp³-hybridized carbons (Fsp3) is 0.600. The van der Waals surface area contributed by atoms with E-state index in [4.69, 9.17) is 0 Å². The Labute approximate surface area is 115 Å². The van der Waals surface area contributed by atoms with Crippen LogP contribution in [0.4, 0.5) is 5.69 Å². The number of hydrogen-bond donors (Lipinski definition) is 1. The van der Waals surface area contributed by atoms with Gasteiger partial charge in [-0.25, -0.2) is 0 Å². The Morgan fingerprint density at radius 3 is 2.83 bits per heavy atom. The first-order valence-corrected chi connectivity index (χ1v) is 7.82. The number of benzene rings is 1. The van der Waals surface area contributed by atoms with Crippen LogP contribution in [-0.2, 0) is 6.54 Å². The van der Waals surface area contributed by atoms with E-state index in [0.717, 1.165) is 6.54 Å². The molecule has 0 aromatic heterocycles. The molecule has 1 heterocycles. The average molecular weight is 264 g/mol. The molecule has 0 saturated carbocycles. The van der Waals surface area contributed by atoms with E-state index in [9.17, 15) is 0 Å². The first kappa shape index (κ1) is 13.8. The minimum Gasteiger partial charge on any atom is -0.381 e. The molecule has 2 unspecified atom stereocenters. The van der Waals surface area contributed by atoms with E-state index >= 15 is 0 Å². The van der Waals surface area contributed by atoms with Gasteiger partial charge in [0.1, 0.15) is 0 Å². The lowest BCUT2D eigenvalue weighted by Gasteiger charge is -2.31. The predicted octanol–water partition coefficient (Wildman–Crippen LogP) is 3.44. The molecule has 2 atom stereocenters. The summed E-state index contributed by atoms with van der Waals surface area (Å²) in [6, 6.07) is 9.31. The zero-order chi connectivity index (χ0) is 13.0. The summed E-state index contributed by atoms with van der Waals surface area (Å²) in [6.07, 6.45) is 2.63. The van der Waals surface area contributed by atoms with Crippen LogP contribution in [0.3, 0.4) is 0 Å². The van der Waals surface area contributed by atoms with Crippen LogP contribution in [0.1, 0.15) is 25.3 Å². The monoisotopic (exact) mass is 264 g/mol. The van der Waals surface area contributed by atoms with E-state index in [1.54, 1.807) is 0 Å². The molecule has 0 bridgehead atoms. The zero-order valence-corrected chi connectivity index (χ0v) is 12.5. The number of para-hydroxylation sites is 1. The molecule has 1 N–H and O–H groups in total. The van der Waals surface area contributed by atoms with E-state index in [2.05, 4.69) is 67.3 Å². The van der Waals surface area contributed by atoms with Gasteiger partial charge in [0.25, 0.3) is 0 Å². The third-order valence-electron chi connectivity index (χ3n) is 3.45. The lowest BCUT2D eigenvalue weighted by molar-refractivity contribution is 0.403. The van der Waals surface area contributed by atoms with E-state index in [1.807, 2.05) is 0 Å². The third kappa shape index (κ3) is 3.66. The van der Waals surface area contributed by atoms with Gasteiger partial charge < -0.3 is 10.2 Å². The van der Waals surface area contributed by atoms with Crippen molar-refractivity contribution in [2.24, 2.45) is 0 Å². The van der Waals surface area contributed by atoms with E-state index in [0.29, 0.717) is 11.3 Å². The molecule has 0 aliphatic carbocycles. The number of hydrogen-bond acceptors (Lipinski definition) is 3. The summed E-state index contributed by atoms with van der Waals surface area (Å²) in [5.41, 5.74) is 2.70. The molecule has 0 amide bonds. The SMILES string of the molecule is CC1SCCCC1Nc1ccccc1CN(C)C. The second-order valence-corrected chi connectivity index (χ2v) is 6.85. The fourth-order valence-corrected chi connectivity index (χ4v) is 3.59. The molecule has 0 spiro atoms. The first-order chi connectivity index (χ1) is 8.66. The van der Waals surface area contributed by atoms with Crippen molar-refractivity contribution in [3.05, 3.63) is 29.8 Å². The Morgan fingerprint density at radius 2 is 2.11 bits per heavy atom. The first-order valence-electron chi connectivity index (χ1n) is 6.77. The Morgan fingerprint density at radius 1 is 1.33 bits per heavy atom. The number of anilines is 1. The topological polar surface area (TPSA) is 15.3 Å². The van der Waals surface area contributed by atoms with Crippen LogP contribution < -0.4 is 5.32 Å². The average Bonchev–Trinajstić information content (AvgIpc) is 2.34. The van der Waals surface area contributed by atoms with Gasteiger partial charge in [-0.1, -0.05) is 25.1 Å². The Hall–Kier alpha value is -0.670. The third-order valence-corrected chi connectivity index (χ3v) is 4.83. The summed E-state index contributed by atoms with van der Waals surface area (Å²) in [6.45, 7) is 3.34. The van der Waals surface area contributed by atoms with Crippen molar-refractivity contribution in [2.45, 2.75) is 37.6 Å². The second-order valence-electron chi connectivity index (χ2n) is 5.36. The summed E-state index contributed by atoms with van der Waals surface area (Å²) in [4.78, 5) is 2.22. The summed E-state index contributed by atoms with van der Waals surface area (Å²) in [5.74, 6) is 1.32. The molecule has 1 aliphatic heterocycles. The van der Waals surface area contributed by atoms with Crippen LogP contribution >= 0.6 is 11.8 Å². The minimum absolute atomic E-state index is 0.618. The van der Waals surface area contributed by atoms with Gasteiger partial charge in [-0.2, -0.15) is 11.8 Å². The van der Waals surface area contributed by atoms with Crippen molar-refractivity contribution in [1.82, 2.24) is 4.90 Å². The van der Waals surface area contributed by atoms with E-state index in [-0.39, 0.29) is 0 Å². The Bertz CT molecular complexity index is 379. The maximum Gasteiger partial charge on any atom is 0.0388 e. The molecular formula is C15H24N2S. The van der Waals surface area contributed by atoms with E-state index < -0.39 is 0 Å². The lowest BCUT2D eigenvalue weighted by Crippen LogP contribution is -2.33. The highest BCUT2D eigenvalue weighted by Gasteiger charge is 2.22. The standard InChI is InChI=1S/C15H24N2S/c1-12-14(9-6-10-18-12)16-15-8-5-4-7-13(15)11-17(2)3/h4-5,7-8,12,14,16H,6,9-11H2,1-3H3. The zero-order valence-electron chi connectivity index (χ0n) is 11.6. The molecule has 1 aliphatic rings. The van der Waals surface area contributed by atoms with Gasteiger partial charge >= 0.3 is 0 Å². The number of nitrogens with one attached hydrogen (secondary N) is 1. The van der Waals surface area contributed by atoms with Crippen LogP contribution in [0, 0.1) is 0 Å². The highest BCUT2D eigenvalue weighted by Crippen LogP contribution is 2.28. The van der Waals surface area contributed by atoms with Crippen molar-refractivity contribution in [1.29, 1.82) is 0 Å². The highest BCUT2D eigenvalue weighted by molar-refractivity contribution is 8.00. The smallest absolute Gasteiger partial charge is 0.0388 e. The van der Waals surface area contributed by atoms with E-state index in [1.165, 1.54) is 29.8 Å². The maximum atomic E-state index is 3.76. The molecule has 18 heavy (non-hydrogen) atoms. The second kappa shape index (κ2) is 6.48. The number of rotatable bonds is 4. The van der Waals surface area contributed by atoms with Gasteiger partial charge in [-0.3, -0.25) is 0 Å². The Kier molecular flexibility index (Phi) is 4.95. The molecule has 2 rings (SSSR count). The van der Waals surface area contributed by atoms with Gasteiger partial charge in [0.05, 0.1) is 0 Å². The largest absolute Gasteiger partial charge is 0.381 e. The van der Waals surface area contributed by atoms with Crippen LogP contribution in [0.5, 0.6) is 0 Å². The quantitative estimate of drug-likeness (QED) is 0.897. The Balaban J connectivity index is 2.07. The van der Waals surface area contributed by atoms with Crippen LogP contribution in [0.25, 0.3) is 0 Å². The molecule has 1 fully saturated rings. The molecule has 0 radical (unpaired) electrons. The van der Waals surface area contributed by atoms with Crippen molar-refractivity contribution in [2.75, 3.05) is 25.2 Å². The molecule has 1 aromatic carbocycles. The van der Waals surface area contributed by atoms with Crippen LogP contribution in [-0.4, -0.2) is 36.0 Å². The summed E-state index contributed by atoms with van der Waals surface area (Å²) in [5, 5.41) is 4.47. The van der Waals surface area contributed by atoms with Crippen LogP contribution in [0.2, 0.25) is 0 Å². The molecule has 1 aromatic rings. The number of nitrogens with zero attached hydrogens (tertiary/aromatic N) is 1. The van der Waals surface area contributed by atoms with Crippen molar-refractivity contribution in [3.8, 4) is 0 Å². The molecule has 1 saturated heterocycles. The summed E-state index contributed by atoms with van der Waals surface area (Å²) >= 11 is 2.09. The number of thioether (sulfide) groups is 1. The normalized spacial score (nSPS) is 24.2. The van der Waals surface area contributed by atoms with Crippen molar-refractivity contribution in [3.63, 3.8) is 0 Å². The van der Waals surface area contributed by atoms with Crippen molar-refractivity contribution >= 4 is 17.4 Å². The van der Waals surface area contributed by atoms with Gasteiger partial charge in [0, 0.05) is 23.5 Å². The molecular weight excluding hydrogens is 240 g/mol. The van der Waals surface area contributed by atoms with Gasteiger partial charge in [0.15, 0.2) is 0 Å². The summed E-state index contributed by atoms with van der Waals surface area (Å²) < 4.78 is 0. The highest BCUT2D eigenvalue weighted by atomic mass is 32.2. The molecule has 3 heteroatoms. The van der Waals surface area contributed by atoms with Gasteiger partial charge in [0.2, 0.25) is 0 Å². The minimum atomic E-state index is 0.618. The van der Waals surface area contributed by atoms with Crippen LogP contribution in [0.15, 0.2) is 24.3 Å². The fourth-order valence-electron chi connectivity index (χ4n) is 2.45.